The first-order valence-electron chi connectivity index (χ1n) is 11.8. The third kappa shape index (κ3) is 3.94. The van der Waals surface area contributed by atoms with Crippen LogP contribution in [-0.2, 0) is 9.84 Å². The van der Waals surface area contributed by atoms with Crippen LogP contribution in [0.25, 0.3) is 0 Å². The van der Waals surface area contributed by atoms with Gasteiger partial charge in [0.15, 0.2) is 21.5 Å². The second kappa shape index (κ2) is 8.12. The third-order valence-electron chi connectivity index (χ3n) is 8.20. The molecule has 2 aromatic carbocycles. The van der Waals surface area contributed by atoms with Crippen molar-refractivity contribution in [3.8, 4) is 0 Å². The minimum Gasteiger partial charge on any atom is -0.390 e. The van der Waals surface area contributed by atoms with E-state index in [-0.39, 0.29) is 39.8 Å². The second-order valence-electron chi connectivity index (χ2n) is 10.5. The summed E-state index contributed by atoms with van der Waals surface area (Å²) >= 11 is 0. The van der Waals surface area contributed by atoms with Gasteiger partial charge in [0.1, 0.15) is 0 Å². The molecule has 0 heterocycles. The number of fused-ring (bicyclic) bond motifs is 2. The summed E-state index contributed by atoms with van der Waals surface area (Å²) in [7, 11) is -3.74. The largest absolute Gasteiger partial charge is 0.390 e. The van der Waals surface area contributed by atoms with Crippen LogP contribution in [-0.4, -0.2) is 30.3 Å². The van der Waals surface area contributed by atoms with Gasteiger partial charge in [0.05, 0.1) is 15.7 Å². The number of anilines is 1. The Morgan fingerprint density at radius 2 is 1.79 bits per heavy atom. The van der Waals surface area contributed by atoms with Gasteiger partial charge < -0.3 is 10.4 Å². The zero-order valence-electron chi connectivity index (χ0n) is 19.2. The Kier molecular flexibility index (Phi) is 5.60. The molecule has 0 spiro atoms. The van der Waals surface area contributed by atoms with Crippen molar-refractivity contribution in [1.29, 1.82) is 0 Å². The van der Waals surface area contributed by atoms with Gasteiger partial charge in [0.25, 0.3) is 5.91 Å². The molecule has 2 N–H and O–H groups in total. The van der Waals surface area contributed by atoms with Crippen LogP contribution in [0.5, 0.6) is 0 Å². The fraction of sp³-hybridized carbons (Fsp3) is 0.500. The van der Waals surface area contributed by atoms with Crippen LogP contribution < -0.4 is 5.32 Å². The molecule has 8 heteroatoms. The van der Waals surface area contributed by atoms with E-state index < -0.39 is 38.2 Å². The van der Waals surface area contributed by atoms with E-state index in [2.05, 4.69) is 12.2 Å². The maximum atomic E-state index is 13.9. The van der Waals surface area contributed by atoms with Gasteiger partial charge >= 0.3 is 0 Å². The van der Waals surface area contributed by atoms with E-state index in [1.807, 2.05) is 6.92 Å². The van der Waals surface area contributed by atoms with Gasteiger partial charge in [0.2, 0.25) is 0 Å². The first-order valence-corrected chi connectivity index (χ1v) is 13.4. The summed E-state index contributed by atoms with van der Waals surface area (Å²) in [6.45, 7) is 3.90. The Morgan fingerprint density at radius 3 is 2.44 bits per heavy atom. The minimum absolute atomic E-state index is 0.0646. The number of hydrogen-bond donors (Lipinski definition) is 2. The van der Waals surface area contributed by atoms with Crippen LogP contribution in [0, 0.1) is 29.4 Å². The van der Waals surface area contributed by atoms with E-state index in [1.165, 1.54) is 12.1 Å². The normalized spacial score (nSPS) is 30.9. The quantitative estimate of drug-likeness (QED) is 0.616. The fourth-order valence-corrected chi connectivity index (χ4v) is 8.26. The SMILES string of the molecule is C[C@H]1C[C@H]2CC(S(=O)(=O)c3cc(C(=O)Nc4ccc(F)c(F)c4)ccc3C3CC3)CC1[C@]2(C)O. The summed E-state index contributed by atoms with van der Waals surface area (Å²) in [4.78, 5) is 13.0. The molecule has 5 atom stereocenters. The lowest BCUT2D eigenvalue weighted by atomic mass is 9.74. The molecule has 2 unspecified atom stereocenters. The average Bonchev–Trinajstić information content (AvgIpc) is 3.60. The Hall–Kier alpha value is -2.32. The number of sulfone groups is 1. The number of carbonyl (C=O) groups excluding carboxylic acids is 1. The van der Waals surface area contributed by atoms with Gasteiger partial charge in [-0.2, -0.15) is 0 Å². The topological polar surface area (TPSA) is 83.5 Å². The Labute approximate surface area is 198 Å². The van der Waals surface area contributed by atoms with E-state index >= 15 is 0 Å². The van der Waals surface area contributed by atoms with Gasteiger partial charge in [-0.25, -0.2) is 17.2 Å². The molecule has 182 valence electrons. The number of carbonyl (C=O) groups is 1. The molecular weight excluding hydrogens is 460 g/mol. The molecule has 3 fully saturated rings. The molecule has 1 amide bonds. The zero-order valence-corrected chi connectivity index (χ0v) is 20.0. The van der Waals surface area contributed by atoms with E-state index in [0.29, 0.717) is 12.8 Å². The molecule has 5 rings (SSSR count). The third-order valence-corrected chi connectivity index (χ3v) is 10.4. The lowest BCUT2D eigenvalue weighted by Crippen LogP contribution is -2.46. The fourth-order valence-electron chi connectivity index (χ4n) is 6.10. The van der Waals surface area contributed by atoms with Gasteiger partial charge in [0, 0.05) is 17.3 Å². The lowest BCUT2D eigenvalue weighted by Gasteiger charge is -2.40. The molecule has 2 aromatic rings. The van der Waals surface area contributed by atoms with Crippen molar-refractivity contribution >= 4 is 21.4 Å². The first kappa shape index (κ1) is 23.4. The molecule has 3 aliphatic carbocycles. The summed E-state index contributed by atoms with van der Waals surface area (Å²) in [5.74, 6) is -2.41. The van der Waals surface area contributed by atoms with Crippen LogP contribution in [0.15, 0.2) is 41.3 Å². The number of halogens is 2. The predicted octanol–water partition coefficient (Wildman–Crippen LogP) is 5.05. The molecule has 0 aromatic heterocycles. The molecule has 2 bridgehead atoms. The zero-order chi connectivity index (χ0) is 24.4. The molecule has 0 radical (unpaired) electrons. The van der Waals surface area contributed by atoms with Crippen LogP contribution in [0.3, 0.4) is 0 Å². The second-order valence-corrected chi connectivity index (χ2v) is 12.7. The summed E-state index contributed by atoms with van der Waals surface area (Å²) in [5.41, 5.74) is 0.116. The lowest BCUT2D eigenvalue weighted by molar-refractivity contribution is -0.0466. The minimum atomic E-state index is -3.74. The highest BCUT2D eigenvalue weighted by molar-refractivity contribution is 7.92. The maximum absolute atomic E-state index is 13.9. The van der Waals surface area contributed by atoms with E-state index in [9.17, 15) is 27.1 Å². The van der Waals surface area contributed by atoms with Crippen molar-refractivity contribution in [2.75, 3.05) is 5.32 Å². The number of nitrogens with one attached hydrogen (secondary N) is 1. The van der Waals surface area contributed by atoms with Crippen molar-refractivity contribution in [3.63, 3.8) is 0 Å². The maximum Gasteiger partial charge on any atom is 0.255 e. The summed E-state index contributed by atoms with van der Waals surface area (Å²) < 4.78 is 54.5. The predicted molar refractivity (Wildman–Crippen MR) is 124 cm³/mol. The molecule has 3 aliphatic rings. The highest BCUT2D eigenvalue weighted by Crippen LogP contribution is 2.55. The van der Waals surface area contributed by atoms with E-state index in [1.54, 1.807) is 12.1 Å². The Morgan fingerprint density at radius 1 is 1.06 bits per heavy atom. The smallest absolute Gasteiger partial charge is 0.255 e. The van der Waals surface area contributed by atoms with Crippen molar-refractivity contribution in [2.45, 2.75) is 67.6 Å². The van der Waals surface area contributed by atoms with Crippen LogP contribution in [0.1, 0.15) is 67.8 Å². The summed E-state index contributed by atoms with van der Waals surface area (Å²) in [6.07, 6.45) is 3.44. The molecule has 0 aliphatic heterocycles. The number of benzene rings is 2. The molecule has 5 nitrogen and oxygen atoms in total. The molecule has 3 saturated carbocycles. The highest BCUT2D eigenvalue weighted by atomic mass is 32.2. The monoisotopic (exact) mass is 489 g/mol. The Bertz CT molecular complexity index is 1260. The summed E-state index contributed by atoms with van der Waals surface area (Å²) in [6, 6.07) is 7.77. The highest BCUT2D eigenvalue weighted by Gasteiger charge is 2.56. The van der Waals surface area contributed by atoms with E-state index in [0.717, 1.165) is 37.0 Å². The molecule has 34 heavy (non-hydrogen) atoms. The van der Waals surface area contributed by atoms with Gasteiger partial charge in [-0.15, -0.1) is 0 Å². The summed E-state index contributed by atoms with van der Waals surface area (Å²) in [5, 5.41) is 12.9. The van der Waals surface area contributed by atoms with Crippen molar-refractivity contribution < 1.29 is 27.1 Å². The molecule has 0 saturated heterocycles. The number of rotatable bonds is 5. The van der Waals surface area contributed by atoms with Gasteiger partial charge in [-0.1, -0.05) is 13.0 Å². The van der Waals surface area contributed by atoms with Crippen LogP contribution >= 0.6 is 0 Å². The van der Waals surface area contributed by atoms with Crippen LogP contribution in [0.2, 0.25) is 0 Å². The van der Waals surface area contributed by atoms with Crippen molar-refractivity contribution in [2.24, 2.45) is 17.8 Å². The standard InChI is InChI=1S/C26H29F2NO4S/c1-14-9-17-11-19(13-21(14)26(17,2)31)34(32,33)24-10-16(5-7-20(24)15-3-4-15)25(30)29-18-6-8-22(27)23(28)12-18/h5-8,10,12,14-15,17,19,21,31H,3-4,9,11,13H2,1-2H3,(H,29,30)/t14-,17-,19?,21?,26+/m0/s1. The number of aliphatic hydroxyl groups is 1. The first-order chi connectivity index (χ1) is 16.0. The number of hydrogen-bond acceptors (Lipinski definition) is 4. The molecular formula is C26H29F2NO4S. The Balaban J connectivity index is 1.46. The average molecular weight is 490 g/mol. The van der Waals surface area contributed by atoms with Crippen molar-refractivity contribution in [3.05, 3.63) is 59.2 Å². The van der Waals surface area contributed by atoms with Crippen LogP contribution in [0.4, 0.5) is 14.5 Å². The van der Waals surface area contributed by atoms with Gasteiger partial charge in [-0.3, -0.25) is 4.79 Å². The van der Waals surface area contributed by atoms with Crippen molar-refractivity contribution in [1.82, 2.24) is 0 Å². The number of amides is 1. The van der Waals surface area contributed by atoms with E-state index in [4.69, 9.17) is 0 Å². The van der Waals surface area contributed by atoms with Gasteiger partial charge in [-0.05, 0) is 92.5 Å².